The molecule has 1 aliphatic rings. The first-order chi connectivity index (χ1) is 8.38. The molecule has 1 N–H and O–H groups in total. The summed E-state index contributed by atoms with van der Waals surface area (Å²) >= 11 is 0. The van der Waals surface area contributed by atoms with E-state index in [1.165, 1.54) is 0 Å². The molecular weight excluding hydrogens is 224 g/mol. The molecule has 2 heterocycles. The fraction of sp³-hybridized carbons (Fsp3) is 0.727. The third-order valence-corrected chi connectivity index (χ3v) is 2.45. The molecule has 1 aliphatic heterocycles. The number of ether oxygens (including phenoxy) is 3. The summed E-state index contributed by atoms with van der Waals surface area (Å²) in [5.74, 6) is 0.710. The van der Waals surface area contributed by atoms with Crippen molar-refractivity contribution in [3.05, 3.63) is 17.5 Å². The highest BCUT2D eigenvalue weighted by atomic mass is 16.5. The maximum absolute atomic E-state index is 5.52. The van der Waals surface area contributed by atoms with Crippen LogP contribution in [0, 0.1) is 0 Å². The van der Waals surface area contributed by atoms with Crippen molar-refractivity contribution in [3.8, 4) is 0 Å². The Labute approximate surface area is 100 Å². The van der Waals surface area contributed by atoms with Crippen LogP contribution in [-0.4, -0.2) is 44.7 Å². The first-order valence-electron chi connectivity index (χ1n) is 5.72. The van der Waals surface area contributed by atoms with E-state index in [-0.39, 0.29) is 6.10 Å². The molecule has 1 saturated heterocycles. The molecule has 0 radical (unpaired) electrons. The van der Waals surface area contributed by atoms with E-state index in [0.29, 0.717) is 25.6 Å². The fourth-order valence-electron chi connectivity index (χ4n) is 1.66. The predicted molar refractivity (Wildman–Crippen MR) is 59.5 cm³/mol. The van der Waals surface area contributed by atoms with Crippen LogP contribution in [0.15, 0.2) is 10.6 Å². The molecule has 96 valence electrons. The Morgan fingerprint density at radius 2 is 2.47 bits per heavy atom. The van der Waals surface area contributed by atoms with Crippen LogP contribution in [0.25, 0.3) is 0 Å². The lowest BCUT2D eigenvalue weighted by Crippen LogP contribution is -2.40. The van der Waals surface area contributed by atoms with E-state index >= 15 is 0 Å². The van der Waals surface area contributed by atoms with Crippen molar-refractivity contribution in [3.63, 3.8) is 0 Å². The van der Waals surface area contributed by atoms with Crippen molar-refractivity contribution in [2.45, 2.75) is 19.3 Å². The van der Waals surface area contributed by atoms with Crippen molar-refractivity contribution < 1.29 is 18.7 Å². The Morgan fingerprint density at radius 3 is 3.24 bits per heavy atom. The zero-order valence-corrected chi connectivity index (χ0v) is 9.98. The first kappa shape index (κ1) is 12.5. The molecule has 2 rings (SSSR count). The molecule has 6 nitrogen and oxygen atoms in total. The van der Waals surface area contributed by atoms with Gasteiger partial charge >= 0.3 is 0 Å². The predicted octanol–water partition coefficient (Wildman–Crippen LogP) is 0.326. The smallest absolute Gasteiger partial charge is 0.162 e. The molecule has 0 saturated carbocycles. The van der Waals surface area contributed by atoms with Gasteiger partial charge in [-0.1, -0.05) is 5.16 Å². The molecule has 1 fully saturated rings. The second-order valence-electron chi connectivity index (χ2n) is 3.93. The van der Waals surface area contributed by atoms with Gasteiger partial charge in [-0.15, -0.1) is 0 Å². The number of hydrogen-bond acceptors (Lipinski definition) is 6. The molecule has 1 aromatic heterocycles. The average Bonchev–Trinajstić information content (AvgIpc) is 2.79. The molecule has 17 heavy (non-hydrogen) atoms. The third kappa shape index (κ3) is 4.08. The van der Waals surface area contributed by atoms with Gasteiger partial charge in [-0.3, -0.25) is 0 Å². The van der Waals surface area contributed by atoms with Gasteiger partial charge in [-0.05, 0) is 0 Å². The highest BCUT2D eigenvalue weighted by molar-refractivity contribution is 5.03. The lowest BCUT2D eigenvalue weighted by atomic mass is 10.3. The lowest BCUT2D eigenvalue weighted by Gasteiger charge is -2.23. The standard InChI is InChI=1S/C11H18N2O4/c1-14-7-10-4-9(13-17-10)6-15-8-11-5-12-2-3-16-11/h4,11-12H,2-3,5-8H2,1H3. The number of nitrogens with zero attached hydrogens (tertiary/aromatic N) is 1. The van der Waals surface area contributed by atoms with Crippen molar-refractivity contribution >= 4 is 0 Å². The quantitative estimate of drug-likeness (QED) is 0.775. The summed E-state index contributed by atoms with van der Waals surface area (Å²) in [4.78, 5) is 0. The summed E-state index contributed by atoms with van der Waals surface area (Å²) in [6, 6.07) is 1.84. The highest BCUT2D eigenvalue weighted by Gasteiger charge is 2.13. The van der Waals surface area contributed by atoms with E-state index in [9.17, 15) is 0 Å². The third-order valence-electron chi connectivity index (χ3n) is 2.45. The summed E-state index contributed by atoms with van der Waals surface area (Å²) in [6.45, 7) is 3.94. The van der Waals surface area contributed by atoms with E-state index in [1.54, 1.807) is 7.11 Å². The molecule has 0 amide bonds. The van der Waals surface area contributed by atoms with Gasteiger partial charge in [-0.25, -0.2) is 0 Å². The first-order valence-corrected chi connectivity index (χ1v) is 5.72. The topological polar surface area (TPSA) is 65.8 Å². The van der Waals surface area contributed by atoms with Crippen LogP contribution in [0.3, 0.4) is 0 Å². The molecule has 0 bridgehead atoms. The maximum Gasteiger partial charge on any atom is 0.162 e. The van der Waals surface area contributed by atoms with Crippen LogP contribution in [0.5, 0.6) is 0 Å². The van der Waals surface area contributed by atoms with Gasteiger partial charge in [0, 0.05) is 26.3 Å². The van der Waals surface area contributed by atoms with Crippen LogP contribution >= 0.6 is 0 Å². The summed E-state index contributed by atoms with van der Waals surface area (Å²) in [6.07, 6.45) is 0.133. The Morgan fingerprint density at radius 1 is 1.53 bits per heavy atom. The van der Waals surface area contributed by atoms with Crippen LogP contribution < -0.4 is 5.32 Å². The molecule has 1 aromatic rings. The number of rotatable bonds is 6. The Balaban J connectivity index is 1.66. The van der Waals surface area contributed by atoms with Gasteiger partial charge in [0.15, 0.2) is 5.76 Å². The zero-order valence-electron chi connectivity index (χ0n) is 9.98. The zero-order chi connectivity index (χ0) is 11.9. The van der Waals surface area contributed by atoms with Crippen molar-refractivity contribution in [2.75, 3.05) is 33.4 Å². The Kier molecular flexibility index (Phi) is 4.93. The van der Waals surface area contributed by atoms with Crippen molar-refractivity contribution in [2.24, 2.45) is 0 Å². The highest BCUT2D eigenvalue weighted by Crippen LogP contribution is 2.06. The number of hydrogen-bond donors (Lipinski definition) is 1. The van der Waals surface area contributed by atoms with Crippen LogP contribution in [0.4, 0.5) is 0 Å². The minimum Gasteiger partial charge on any atom is -0.377 e. The van der Waals surface area contributed by atoms with Gasteiger partial charge < -0.3 is 24.1 Å². The second-order valence-corrected chi connectivity index (χ2v) is 3.93. The van der Waals surface area contributed by atoms with Gasteiger partial charge in [0.25, 0.3) is 0 Å². The monoisotopic (exact) mass is 242 g/mol. The molecule has 1 unspecified atom stereocenters. The van der Waals surface area contributed by atoms with Crippen molar-refractivity contribution in [1.29, 1.82) is 0 Å². The lowest BCUT2D eigenvalue weighted by molar-refractivity contribution is -0.0366. The summed E-state index contributed by atoms with van der Waals surface area (Å²) in [7, 11) is 1.62. The van der Waals surface area contributed by atoms with Gasteiger partial charge in [0.05, 0.1) is 25.9 Å². The molecule has 0 spiro atoms. The van der Waals surface area contributed by atoms with E-state index in [0.717, 1.165) is 25.4 Å². The normalized spacial score (nSPS) is 20.6. The minimum absolute atomic E-state index is 0.133. The number of methoxy groups -OCH3 is 1. The fourth-order valence-corrected chi connectivity index (χ4v) is 1.66. The van der Waals surface area contributed by atoms with Crippen LogP contribution in [0.2, 0.25) is 0 Å². The van der Waals surface area contributed by atoms with Gasteiger partial charge in [0.2, 0.25) is 0 Å². The second kappa shape index (κ2) is 6.70. The Hall–Kier alpha value is -0.950. The van der Waals surface area contributed by atoms with Crippen LogP contribution in [-0.2, 0) is 27.4 Å². The number of nitrogens with one attached hydrogen (secondary N) is 1. The summed E-state index contributed by atoms with van der Waals surface area (Å²) < 4.78 is 21.0. The molecule has 0 aliphatic carbocycles. The number of morpholine rings is 1. The van der Waals surface area contributed by atoms with Crippen LogP contribution in [0.1, 0.15) is 11.5 Å². The Bertz CT molecular complexity index is 323. The van der Waals surface area contributed by atoms with Gasteiger partial charge in [-0.2, -0.15) is 0 Å². The molecule has 6 heteroatoms. The molecule has 0 aromatic carbocycles. The largest absolute Gasteiger partial charge is 0.377 e. The average molecular weight is 242 g/mol. The van der Waals surface area contributed by atoms with Gasteiger partial charge in [0.1, 0.15) is 12.3 Å². The van der Waals surface area contributed by atoms with Crippen molar-refractivity contribution in [1.82, 2.24) is 10.5 Å². The maximum atomic E-state index is 5.52. The van der Waals surface area contributed by atoms with E-state index in [2.05, 4.69) is 10.5 Å². The van der Waals surface area contributed by atoms with E-state index < -0.39 is 0 Å². The molecular formula is C11H18N2O4. The summed E-state index contributed by atoms with van der Waals surface area (Å²) in [5, 5.41) is 7.13. The number of aromatic nitrogens is 1. The van der Waals surface area contributed by atoms with E-state index in [4.69, 9.17) is 18.7 Å². The van der Waals surface area contributed by atoms with E-state index in [1.807, 2.05) is 6.07 Å². The minimum atomic E-state index is 0.133. The molecule has 1 atom stereocenters. The summed E-state index contributed by atoms with van der Waals surface area (Å²) in [5.41, 5.74) is 0.779. The SMILES string of the molecule is COCc1cc(COCC2CNCCO2)no1.